The molecule has 0 radical (unpaired) electrons. The number of nitrogens with one attached hydrogen (secondary N) is 3. The number of carbonyl (C=O) groups is 4. The average Bonchev–Trinajstić information content (AvgIpc) is 4.08. The minimum Gasteiger partial charge on any atom is -0.453 e. The molecule has 4 amide bonds. The predicted octanol–water partition coefficient (Wildman–Crippen LogP) is 7.50. The van der Waals surface area contributed by atoms with Crippen LogP contribution in [0, 0.1) is 11.8 Å². The van der Waals surface area contributed by atoms with Crippen LogP contribution in [0.4, 0.5) is 9.59 Å². The zero-order chi connectivity index (χ0) is 41.1. The van der Waals surface area contributed by atoms with E-state index in [1.807, 2.05) is 62.0 Å². The molecule has 2 saturated heterocycles. The second-order valence-electron chi connectivity index (χ2n) is 16.0. The van der Waals surface area contributed by atoms with Crippen LogP contribution in [0.3, 0.4) is 0 Å². The standard InChI is InChI=1S/C45H53N7O6/c1-26(2)39(49-44(55)57-5)42(53)51-21-9-13-37(51)35-23-30(24-46-35)28-15-17-29(18-16-28)31-19-20-34(33-12-8-7-11-32(31)33)36-25-47-41(48-36)38-14-10-22-52(38)43(54)40(27(3)4)50-45(56)58-6/h7-8,11-12,15-20,24-27,37-40H,9-10,13-14,21-23H2,1-6H3,(H,47,48)(H,49,55)(H,50,56)/t37-,38?,39+,40+/m0/s1. The zero-order valence-corrected chi connectivity index (χ0v) is 34.1. The molecule has 0 bridgehead atoms. The van der Waals surface area contributed by atoms with Gasteiger partial charge in [-0.25, -0.2) is 14.6 Å². The lowest BCUT2D eigenvalue weighted by atomic mass is 9.92. The smallest absolute Gasteiger partial charge is 0.407 e. The van der Waals surface area contributed by atoms with Crippen molar-refractivity contribution in [3.63, 3.8) is 0 Å². The Morgan fingerprint density at radius 3 is 1.84 bits per heavy atom. The fourth-order valence-electron chi connectivity index (χ4n) is 8.57. The third-order valence-electron chi connectivity index (χ3n) is 11.7. The van der Waals surface area contributed by atoms with Gasteiger partial charge in [-0.05, 0) is 70.6 Å². The molecule has 58 heavy (non-hydrogen) atoms. The SMILES string of the molecule is COC(=O)N[C@@H](C(=O)N1CCCC1c1ncc(-c2ccc(-c3ccc(C4=CN=C([C@@H]5CCCN5C(=O)[C@H](NC(=O)OC)C(C)C)C4)cc3)c3ccccc23)[nH]1)C(C)C. The first-order valence-corrected chi connectivity index (χ1v) is 20.2. The Balaban J connectivity index is 1.06. The number of likely N-dealkylation sites (tertiary alicyclic amines) is 2. The molecule has 1 unspecified atom stereocenters. The van der Waals surface area contributed by atoms with Gasteiger partial charge in [0.25, 0.3) is 0 Å². The molecule has 3 N–H and O–H groups in total. The second-order valence-corrected chi connectivity index (χ2v) is 16.0. The molecule has 0 saturated carbocycles. The van der Waals surface area contributed by atoms with Crippen LogP contribution < -0.4 is 10.6 Å². The summed E-state index contributed by atoms with van der Waals surface area (Å²) in [4.78, 5) is 68.2. The quantitative estimate of drug-likeness (QED) is 0.142. The van der Waals surface area contributed by atoms with Crippen molar-refractivity contribution in [3.05, 3.63) is 84.4 Å². The molecule has 0 aliphatic carbocycles. The molecule has 2 fully saturated rings. The maximum Gasteiger partial charge on any atom is 0.407 e. The number of carbonyl (C=O) groups excluding carboxylic acids is 4. The molecule has 4 atom stereocenters. The zero-order valence-electron chi connectivity index (χ0n) is 34.1. The molecule has 13 nitrogen and oxygen atoms in total. The summed E-state index contributed by atoms with van der Waals surface area (Å²) in [6.07, 6.45) is 6.52. The Bertz CT molecular complexity index is 2240. The Labute approximate surface area is 339 Å². The molecule has 1 aromatic heterocycles. The van der Waals surface area contributed by atoms with Crippen LogP contribution in [-0.4, -0.2) is 94.9 Å². The summed E-state index contributed by atoms with van der Waals surface area (Å²) < 4.78 is 9.57. The fraction of sp³-hybridized carbons (Fsp3) is 0.422. The first kappa shape index (κ1) is 40.2. The largest absolute Gasteiger partial charge is 0.453 e. The monoisotopic (exact) mass is 787 g/mol. The number of methoxy groups -OCH3 is 2. The number of benzene rings is 3. The van der Waals surface area contributed by atoms with Gasteiger partial charge >= 0.3 is 12.2 Å². The van der Waals surface area contributed by atoms with E-state index in [2.05, 4.69) is 64.1 Å². The third kappa shape index (κ3) is 8.07. The van der Waals surface area contributed by atoms with Gasteiger partial charge in [-0.15, -0.1) is 0 Å². The number of imidazole rings is 1. The minimum atomic E-state index is -0.698. The number of allylic oxidation sites excluding steroid dienone is 1. The number of alkyl carbamates (subject to hydrolysis) is 2. The van der Waals surface area contributed by atoms with Gasteiger partial charge in [0.05, 0.1) is 38.2 Å². The number of aliphatic imine (C=N–C) groups is 1. The van der Waals surface area contributed by atoms with Crippen molar-refractivity contribution in [1.82, 2.24) is 30.4 Å². The fourth-order valence-corrected chi connectivity index (χ4v) is 8.57. The van der Waals surface area contributed by atoms with E-state index in [9.17, 15) is 19.2 Å². The van der Waals surface area contributed by atoms with Crippen LogP contribution in [-0.2, 0) is 19.1 Å². The summed E-state index contributed by atoms with van der Waals surface area (Å²) in [7, 11) is 2.59. The number of rotatable bonds is 11. The summed E-state index contributed by atoms with van der Waals surface area (Å²) in [6, 6.07) is 19.5. The molecule has 0 spiro atoms. The van der Waals surface area contributed by atoms with Crippen LogP contribution >= 0.6 is 0 Å². The molecule has 3 aliphatic rings. The van der Waals surface area contributed by atoms with Crippen LogP contribution in [0.5, 0.6) is 0 Å². The lowest BCUT2D eigenvalue weighted by molar-refractivity contribution is -0.135. The summed E-state index contributed by atoms with van der Waals surface area (Å²) in [5.41, 5.74) is 7.22. The minimum absolute atomic E-state index is 0.0910. The maximum absolute atomic E-state index is 13.7. The number of aromatic nitrogens is 2. The van der Waals surface area contributed by atoms with Gasteiger partial charge in [-0.1, -0.05) is 88.4 Å². The Kier molecular flexibility index (Phi) is 12.0. The highest BCUT2D eigenvalue weighted by atomic mass is 16.5. The molecular formula is C45H53N7O6. The summed E-state index contributed by atoms with van der Waals surface area (Å²) in [5.74, 6) is 0.274. The summed E-state index contributed by atoms with van der Waals surface area (Å²) in [6.45, 7) is 8.86. The maximum atomic E-state index is 13.7. The topological polar surface area (TPSA) is 158 Å². The number of H-pyrrole nitrogens is 1. The normalized spacial score (nSPS) is 19.0. The van der Waals surface area contributed by atoms with Crippen LogP contribution in [0.25, 0.3) is 38.7 Å². The molecule has 3 aliphatic heterocycles. The molecule has 3 aromatic carbocycles. The van der Waals surface area contributed by atoms with E-state index in [1.165, 1.54) is 14.2 Å². The number of fused-ring (bicyclic) bond motifs is 1. The highest BCUT2D eigenvalue weighted by Gasteiger charge is 2.39. The highest BCUT2D eigenvalue weighted by Crippen LogP contribution is 2.38. The first-order valence-electron chi connectivity index (χ1n) is 20.2. The molecule has 7 rings (SSSR count). The molecule has 4 aromatic rings. The van der Waals surface area contributed by atoms with Gasteiger partial charge in [0.15, 0.2) is 0 Å². The van der Waals surface area contributed by atoms with Crippen LogP contribution in [0.1, 0.15) is 77.2 Å². The Morgan fingerprint density at radius 1 is 0.724 bits per heavy atom. The average molecular weight is 788 g/mol. The van der Waals surface area contributed by atoms with Gasteiger partial charge in [-0.3, -0.25) is 14.6 Å². The number of hydrogen-bond donors (Lipinski definition) is 3. The molecule has 4 heterocycles. The van der Waals surface area contributed by atoms with E-state index < -0.39 is 24.3 Å². The lowest BCUT2D eigenvalue weighted by Crippen LogP contribution is -2.53. The highest BCUT2D eigenvalue weighted by molar-refractivity contribution is 6.06. The van der Waals surface area contributed by atoms with Gasteiger partial charge in [0.2, 0.25) is 11.8 Å². The number of ether oxygens (including phenoxy) is 2. The summed E-state index contributed by atoms with van der Waals surface area (Å²) in [5, 5.41) is 7.62. The van der Waals surface area contributed by atoms with E-state index in [0.717, 1.165) is 81.5 Å². The van der Waals surface area contributed by atoms with E-state index in [-0.39, 0.29) is 35.7 Å². The van der Waals surface area contributed by atoms with Crippen LogP contribution in [0.2, 0.25) is 0 Å². The molecular weight excluding hydrogens is 735 g/mol. The summed E-state index contributed by atoms with van der Waals surface area (Å²) >= 11 is 0. The van der Waals surface area contributed by atoms with Crippen molar-refractivity contribution >= 4 is 46.1 Å². The molecule has 13 heteroatoms. The molecule has 304 valence electrons. The van der Waals surface area contributed by atoms with E-state index >= 15 is 0 Å². The van der Waals surface area contributed by atoms with E-state index in [1.54, 1.807) is 0 Å². The van der Waals surface area contributed by atoms with Crippen molar-refractivity contribution < 1.29 is 28.7 Å². The van der Waals surface area contributed by atoms with Crippen molar-refractivity contribution in [3.8, 4) is 22.4 Å². The Morgan fingerprint density at radius 2 is 1.26 bits per heavy atom. The van der Waals surface area contributed by atoms with Crippen molar-refractivity contribution in [1.29, 1.82) is 0 Å². The van der Waals surface area contributed by atoms with Crippen LogP contribution in [0.15, 0.2) is 78.1 Å². The van der Waals surface area contributed by atoms with E-state index in [0.29, 0.717) is 19.5 Å². The van der Waals surface area contributed by atoms with Gasteiger partial charge < -0.3 is 34.9 Å². The van der Waals surface area contributed by atoms with Crippen molar-refractivity contribution in [2.75, 3.05) is 27.3 Å². The Hall–Kier alpha value is -5.98. The van der Waals surface area contributed by atoms with Crippen molar-refractivity contribution in [2.24, 2.45) is 16.8 Å². The predicted molar refractivity (Wildman–Crippen MR) is 224 cm³/mol. The van der Waals surface area contributed by atoms with Gasteiger partial charge in [0, 0.05) is 37.0 Å². The number of nitrogens with zero attached hydrogens (tertiary/aromatic N) is 4. The first-order chi connectivity index (χ1) is 28.0. The van der Waals surface area contributed by atoms with E-state index in [4.69, 9.17) is 19.5 Å². The number of aromatic amines is 1. The third-order valence-corrected chi connectivity index (χ3v) is 11.7. The number of hydrogen-bond acceptors (Lipinski definition) is 8. The van der Waals surface area contributed by atoms with Crippen molar-refractivity contribution in [2.45, 2.75) is 84.0 Å². The van der Waals surface area contributed by atoms with Gasteiger partial charge in [-0.2, -0.15) is 0 Å². The van der Waals surface area contributed by atoms with Gasteiger partial charge in [0.1, 0.15) is 17.9 Å². The second kappa shape index (κ2) is 17.3. The number of amides is 4. The lowest BCUT2D eigenvalue weighted by Gasteiger charge is -2.31.